The highest BCUT2D eigenvalue weighted by Crippen LogP contribution is 2.17. The monoisotopic (exact) mass is 249 g/mol. The summed E-state index contributed by atoms with van der Waals surface area (Å²) in [6.07, 6.45) is 2.25. The van der Waals surface area contributed by atoms with Crippen LogP contribution in [0, 0.1) is 6.92 Å². The van der Waals surface area contributed by atoms with Crippen molar-refractivity contribution in [3.63, 3.8) is 0 Å². The van der Waals surface area contributed by atoms with Gasteiger partial charge in [-0.3, -0.25) is 20.6 Å². The van der Waals surface area contributed by atoms with Crippen molar-refractivity contribution in [2.45, 2.75) is 32.9 Å². The largest absolute Gasteiger partial charge is 0.271 e. The molecule has 0 radical (unpaired) electrons. The smallest absolute Gasteiger partial charge is 0.138 e. The van der Waals surface area contributed by atoms with Crippen LogP contribution < -0.4 is 11.3 Å². The summed E-state index contributed by atoms with van der Waals surface area (Å²) in [5.41, 5.74) is 4.84. The quantitative estimate of drug-likeness (QED) is 0.579. The number of aromatic nitrogens is 5. The van der Waals surface area contributed by atoms with Gasteiger partial charge in [-0.05, 0) is 19.9 Å². The van der Waals surface area contributed by atoms with Crippen molar-refractivity contribution in [2.24, 2.45) is 12.9 Å². The summed E-state index contributed by atoms with van der Waals surface area (Å²) in [5.74, 6) is 6.56. The maximum atomic E-state index is 5.64. The Morgan fingerprint density at radius 3 is 2.83 bits per heavy atom. The lowest BCUT2D eigenvalue weighted by molar-refractivity contribution is 0.480. The van der Waals surface area contributed by atoms with Crippen LogP contribution in [-0.2, 0) is 20.0 Å². The van der Waals surface area contributed by atoms with Crippen LogP contribution in [0.5, 0.6) is 0 Å². The zero-order valence-corrected chi connectivity index (χ0v) is 11.0. The fraction of sp³-hybridized carbons (Fsp3) is 0.545. The second-order valence-electron chi connectivity index (χ2n) is 4.25. The molecule has 1 atom stereocenters. The molecule has 0 aliphatic rings. The van der Waals surface area contributed by atoms with Crippen molar-refractivity contribution in [3.8, 4) is 0 Å². The minimum absolute atomic E-state index is 0.0225. The molecule has 18 heavy (non-hydrogen) atoms. The molecule has 0 aliphatic heterocycles. The number of hydrazine groups is 1. The van der Waals surface area contributed by atoms with Gasteiger partial charge in [0, 0.05) is 20.0 Å². The van der Waals surface area contributed by atoms with Crippen molar-refractivity contribution in [1.82, 2.24) is 30.0 Å². The van der Waals surface area contributed by atoms with Gasteiger partial charge in [0.25, 0.3) is 0 Å². The lowest BCUT2D eigenvalue weighted by Gasteiger charge is -2.15. The predicted octanol–water partition coefficient (Wildman–Crippen LogP) is 0.0870. The molecule has 0 saturated heterocycles. The van der Waals surface area contributed by atoms with Gasteiger partial charge in [-0.15, -0.1) is 0 Å². The van der Waals surface area contributed by atoms with Crippen molar-refractivity contribution >= 4 is 0 Å². The van der Waals surface area contributed by atoms with E-state index in [-0.39, 0.29) is 6.04 Å². The predicted molar refractivity (Wildman–Crippen MR) is 67.4 cm³/mol. The van der Waals surface area contributed by atoms with Gasteiger partial charge in [-0.25, -0.2) is 4.98 Å². The Morgan fingerprint density at radius 2 is 2.28 bits per heavy atom. The second-order valence-corrected chi connectivity index (χ2v) is 4.25. The Morgan fingerprint density at radius 1 is 1.50 bits per heavy atom. The molecule has 2 heterocycles. The maximum Gasteiger partial charge on any atom is 0.138 e. The fourth-order valence-electron chi connectivity index (χ4n) is 2.10. The van der Waals surface area contributed by atoms with Crippen LogP contribution in [0.15, 0.2) is 12.4 Å². The topological polar surface area (TPSA) is 86.6 Å². The Bertz CT molecular complexity index is 513. The van der Waals surface area contributed by atoms with Crippen LogP contribution in [0.4, 0.5) is 0 Å². The van der Waals surface area contributed by atoms with Crippen molar-refractivity contribution in [3.05, 3.63) is 29.6 Å². The summed E-state index contributed by atoms with van der Waals surface area (Å²) in [6.45, 7) is 4.81. The Kier molecular flexibility index (Phi) is 3.73. The molecule has 0 bridgehead atoms. The average Bonchev–Trinajstić information content (AvgIpc) is 2.92. The summed E-state index contributed by atoms with van der Waals surface area (Å²) in [5, 5.41) is 8.49. The Balaban J connectivity index is 2.22. The van der Waals surface area contributed by atoms with Gasteiger partial charge in [-0.2, -0.15) is 10.2 Å². The van der Waals surface area contributed by atoms with Gasteiger partial charge in [-0.1, -0.05) is 0 Å². The minimum Gasteiger partial charge on any atom is -0.271 e. The van der Waals surface area contributed by atoms with Gasteiger partial charge in [0.15, 0.2) is 0 Å². The third kappa shape index (κ3) is 2.41. The summed E-state index contributed by atoms with van der Waals surface area (Å²) in [7, 11) is 1.91. The Hall–Kier alpha value is -1.73. The maximum absolute atomic E-state index is 5.64. The van der Waals surface area contributed by atoms with Crippen molar-refractivity contribution in [1.29, 1.82) is 0 Å². The molecule has 2 aromatic rings. The lowest BCUT2D eigenvalue weighted by Crippen LogP contribution is -2.32. The number of nitrogens with zero attached hydrogens (tertiary/aromatic N) is 5. The van der Waals surface area contributed by atoms with E-state index in [1.165, 1.54) is 0 Å². The van der Waals surface area contributed by atoms with Gasteiger partial charge in [0.1, 0.15) is 12.2 Å². The zero-order valence-electron chi connectivity index (χ0n) is 11.0. The van der Waals surface area contributed by atoms with E-state index < -0.39 is 0 Å². The number of rotatable bonds is 5. The molecule has 98 valence electrons. The van der Waals surface area contributed by atoms with Gasteiger partial charge in [0.05, 0.1) is 17.4 Å². The SMILES string of the molecule is CCn1ncnc1CC(NN)c1cc(C)nn1C. The highest BCUT2D eigenvalue weighted by atomic mass is 15.3. The molecule has 0 aliphatic carbocycles. The summed E-state index contributed by atoms with van der Waals surface area (Å²) < 4.78 is 3.71. The number of nitrogens with two attached hydrogens (primary N) is 1. The first-order valence-corrected chi connectivity index (χ1v) is 5.99. The first kappa shape index (κ1) is 12.7. The van der Waals surface area contributed by atoms with Crippen LogP contribution in [-0.4, -0.2) is 24.5 Å². The molecule has 1 unspecified atom stereocenters. The van der Waals surface area contributed by atoms with Gasteiger partial charge >= 0.3 is 0 Å². The Labute approximate surface area is 106 Å². The zero-order chi connectivity index (χ0) is 13.1. The fourth-order valence-corrected chi connectivity index (χ4v) is 2.10. The van der Waals surface area contributed by atoms with E-state index in [9.17, 15) is 0 Å². The standard InChI is InChI=1S/C11H19N7/c1-4-18-11(13-7-14-18)6-9(15-12)10-5-8(2)16-17(10)3/h5,7,9,15H,4,6,12H2,1-3H3. The summed E-state index contributed by atoms with van der Waals surface area (Å²) >= 11 is 0. The minimum atomic E-state index is -0.0225. The number of hydrogen-bond acceptors (Lipinski definition) is 5. The van der Waals surface area contributed by atoms with E-state index in [0.29, 0.717) is 6.42 Å². The van der Waals surface area contributed by atoms with Crippen LogP contribution in [0.1, 0.15) is 30.2 Å². The first-order chi connectivity index (χ1) is 8.65. The number of nitrogens with one attached hydrogen (secondary N) is 1. The van der Waals surface area contributed by atoms with E-state index in [1.54, 1.807) is 6.33 Å². The number of aryl methyl sites for hydroxylation is 3. The molecule has 7 heteroatoms. The molecule has 0 fully saturated rings. The molecule has 0 amide bonds. The molecule has 7 nitrogen and oxygen atoms in total. The van der Waals surface area contributed by atoms with E-state index >= 15 is 0 Å². The van der Waals surface area contributed by atoms with E-state index in [1.807, 2.05) is 36.3 Å². The highest BCUT2D eigenvalue weighted by molar-refractivity contribution is 5.14. The van der Waals surface area contributed by atoms with Crippen LogP contribution in [0.3, 0.4) is 0 Å². The molecule has 3 N–H and O–H groups in total. The molecular weight excluding hydrogens is 230 g/mol. The highest BCUT2D eigenvalue weighted by Gasteiger charge is 2.18. The molecule has 0 spiro atoms. The molecule has 2 aromatic heterocycles. The first-order valence-electron chi connectivity index (χ1n) is 5.99. The summed E-state index contributed by atoms with van der Waals surface area (Å²) in [6, 6.07) is 2.00. The number of hydrogen-bond donors (Lipinski definition) is 2. The van der Waals surface area contributed by atoms with E-state index in [0.717, 1.165) is 23.8 Å². The molecule has 0 aromatic carbocycles. The molecular formula is C11H19N7. The third-order valence-electron chi connectivity index (χ3n) is 2.98. The van der Waals surface area contributed by atoms with E-state index in [2.05, 4.69) is 20.6 Å². The lowest BCUT2D eigenvalue weighted by atomic mass is 10.1. The van der Waals surface area contributed by atoms with Crippen molar-refractivity contribution < 1.29 is 0 Å². The van der Waals surface area contributed by atoms with Gasteiger partial charge in [0.2, 0.25) is 0 Å². The molecule has 2 rings (SSSR count). The third-order valence-corrected chi connectivity index (χ3v) is 2.98. The van der Waals surface area contributed by atoms with E-state index in [4.69, 9.17) is 5.84 Å². The molecule has 0 saturated carbocycles. The summed E-state index contributed by atoms with van der Waals surface area (Å²) in [4.78, 5) is 4.26. The van der Waals surface area contributed by atoms with Crippen LogP contribution in [0.25, 0.3) is 0 Å². The van der Waals surface area contributed by atoms with Crippen LogP contribution in [0.2, 0.25) is 0 Å². The van der Waals surface area contributed by atoms with Gasteiger partial charge < -0.3 is 0 Å². The average molecular weight is 249 g/mol. The second kappa shape index (κ2) is 5.28. The van der Waals surface area contributed by atoms with Crippen LogP contribution >= 0.6 is 0 Å². The van der Waals surface area contributed by atoms with Crippen molar-refractivity contribution in [2.75, 3.05) is 0 Å². The normalized spacial score (nSPS) is 12.9.